The Morgan fingerprint density at radius 1 is 1.36 bits per heavy atom. The molecule has 1 fully saturated rings. The van der Waals surface area contributed by atoms with E-state index < -0.39 is 16.2 Å². The molecule has 14 heavy (non-hydrogen) atoms. The van der Waals surface area contributed by atoms with Crippen LogP contribution in [0.2, 0.25) is 0 Å². The van der Waals surface area contributed by atoms with Crippen molar-refractivity contribution < 1.29 is 18.3 Å². The molecule has 1 N–H and O–H groups in total. The summed E-state index contributed by atoms with van der Waals surface area (Å²) in [6, 6.07) is 0. The summed E-state index contributed by atoms with van der Waals surface area (Å²) in [6.07, 6.45) is -0.142. The fraction of sp³-hybridized carbons (Fsp3) is 0.857. The number of likely N-dealkylation sites (N-methyl/N-ethyl adjacent to an activating group) is 1. The Morgan fingerprint density at radius 2 is 1.93 bits per heavy atom. The lowest BCUT2D eigenvalue weighted by molar-refractivity contribution is -0.137. The molecule has 6 nitrogen and oxygen atoms in total. The maximum Gasteiger partial charge on any atom is 0.304 e. The highest BCUT2D eigenvalue weighted by atomic mass is 32.2. The molecule has 0 aromatic carbocycles. The van der Waals surface area contributed by atoms with E-state index in [-0.39, 0.29) is 13.0 Å². The van der Waals surface area contributed by atoms with Crippen molar-refractivity contribution in [1.29, 1.82) is 0 Å². The molecule has 0 aromatic rings. The monoisotopic (exact) mass is 222 g/mol. The maximum atomic E-state index is 11.6. The molecule has 0 atom stereocenters. The van der Waals surface area contributed by atoms with Crippen molar-refractivity contribution >= 4 is 16.2 Å². The van der Waals surface area contributed by atoms with Crippen molar-refractivity contribution in [3.63, 3.8) is 0 Å². The topological polar surface area (TPSA) is 77.9 Å². The second kappa shape index (κ2) is 4.24. The van der Waals surface area contributed by atoms with Gasteiger partial charge in [-0.2, -0.15) is 17.0 Å². The van der Waals surface area contributed by atoms with Gasteiger partial charge in [0.1, 0.15) is 0 Å². The minimum atomic E-state index is -3.37. The molecule has 0 aliphatic carbocycles. The number of carbonyl (C=O) groups is 1. The summed E-state index contributed by atoms with van der Waals surface area (Å²) in [7, 11) is -3.37. The van der Waals surface area contributed by atoms with Crippen LogP contribution in [-0.4, -0.2) is 54.3 Å². The highest BCUT2D eigenvalue weighted by molar-refractivity contribution is 7.87. The molecule has 1 saturated heterocycles. The Morgan fingerprint density at radius 3 is 2.36 bits per heavy atom. The fourth-order valence-corrected chi connectivity index (χ4v) is 2.99. The Bertz CT molecular complexity index is 314. The zero-order chi connectivity index (χ0) is 10.8. The zero-order valence-electron chi connectivity index (χ0n) is 8.01. The molecule has 0 radical (unpaired) electrons. The molecule has 0 bridgehead atoms. The number of nitrogens with zero attached hydrogens (tertiary/aromatic N) is 2. The molecule has 0 unspecified atom stereocenters. The van der Waals surface area contributed by atoms with E-state index in [4.69, 9.17) is 5.11 Å². The van der Waals surface area contributed by atoms with E-state index in [0.717, 1.165) is 0 Å². The number of carboxylic acid groups (broad SMARTS) is 1. The fourth-order valence-electron chi connectivity index (χ4n) is 1.39. The number of hydrogen-bond acceptors (Lipinski definition) is 3. The summed E-state index contributed by atoms with van der Waals surface area (Å²) < 4.78 is 25.7. The van der Waals surface area contributed by atoms with Gasteiger partial charge in [0.05, 0.1) is 6.42 Å². The van der Waals surface area contributed by atoms with Crippen LogP contribution in [0.25, 0.3) is 0 Å². The van der Waals surface area contributed by atoms with Crippen LogP contribution < -0.4 is 0 Å². The van der Waals surface area contributed by atoms with Gasteiger partial charge < -0.3 is 5.11 Å². The minimum Gasteiger partial charge on any atom is -0.481 e. The largest absolute Gasteiger partial charge is 0.481 e. The van der Waals surface area contributed by atoms with E-state index in [1.165, 1.54) is 8.61 Å². The highest BCUT2D eigenvalue weighted by Crippen LogP contribution is 2.15. The van der Waals surface area contributed by atoms with Crippen molar-refractivity contribution in [2.45, 2.75) is 13.3 Å². The van der Waals surface area contributed by atoms with Crippen LogP contribution in [0.4, 0.5) is 0 Å². The summed E-state index contributed by atoms with van der Waals surface area (Å²) in [5.74, 6) is -0.977. The number of hydrogen-bond donors (Lipinski definition) is 1. The predicted molar refractivity (Wildman–Crippen MR) is 50.0 cm³/mol. The average Bonchev–Trinajstić information content (AvgIpc) is 2.37. The van der Waals surface area contributed by atoms with Gasteiger partial charge in [0.25, 0.3) is 10.2 Å². The first-order valence-electron chi connectivity index (χ1n) is 4.45. The van der Waals surface area contributed by atoms with Crippen molar-refractivity contribution in [3.05, 3.63) is 0 Å². The average molecular weight is 222 g/mol. The molecule has 1 heterocycles. The standard InChI is InChI=1S/C7H14N2O4S/c1-2-8-5-6-9(14(8,12)13)4-3-7(10)11/h2-6H2,1H3,(H,10,11). The van der Waals surface area contributed by atoms with Gasteiger partial charge in [0.2, 0.25) is 0 Å². The molecule has 0 amide bonds. The maximum absolute atomic E-state index is 11.6. The second-order valence-corrected chi connectivity index (χ2v) is 4.97. The molecule has 0 saturated carbocycles. The van der Waals surface area contributed by atoms with Crippen LogP contribution in [-0.2, 0) is 15.0 Å². The van der Waals surface area contributed by atoms with Gasteiger partial charge in [-0.1, -0.05) is 6.92 Å². The van der Waals surface area contributed by atoms with E-state index in [2.05, 4.69) is 0 Å². The van der Waals surface area contributed by atoms with Crippen molar-refractivity contribution in [2.24, 2.45) is 0 Å². The molecule has 82 valence electrons. The van der Waals surface area contributed by atoms with Crippen LogP contribution in [0, 0.1) is 0 Å². The second-order valence-electron chi connectivity index (χ2n) is 3.04. The van der Waals surface area contributed by atoms with E-state index in [1.807, 2.05) is 0 Å². The predicted octanol–water partition coefficient (Wildman–Crippen LogP) is -0.657. The van der Waals surface area contributed by atoms with Crippen molar-refractivity contribution in [3.8, 4) is 0 Å². The van der Waals surface area contributed by atoms with Crippen LogP contribution in [0.5, 0.6) is 0 Å². The first-order chi connectivity index (χ1) is 6.48. The molecule has 0 spiro atoms. The first-order valence-corrected chi connectivity index (χ1v) is 5.85. The third-order valence-corrected chi connectivity index (χ3v) is 4.29. The Hall–Kier alpha value is -0.660. The summed E-state index contributed by atoms with van der Waals surface area (Å²) in [5.41, 5.74) is 0. The lowest BCUT2D eigenvalue weighted by atomic mass is 10.4. The van der Waals surface area contributed by atoms with Crippen LogP contribution in [0.1, 0.15) is 13.3 Å². The first kappa shape index (κ1) is 11.4. The molecule has 1 aliphatic heterocycles. The number of carboxylic acids is 1. The summed E-state index contributed by atoms with van der Waals surface area (Å²) >= 11 is 0. The Labute approximate surface area is 83.3 Å². The van der Waals surface area contributed by atoms with E-state index in [1.54, 1.807) is 6.92 Å². The van der Waals surface area contributed by atoms with Gasteiger partial charge in [-0.3, -0.25) is 4.79 Å². The van der Waals surface area contributed by atoms with E-state index in [9.17, 15) is 13.2 Å². The van der Waals surface area contributed by atoms with Crippen molar-refractivity contribution in [2.75, 3.05) is 26.2 Å². The Balaban J connectivity index is 2.61. The van der Waals surface area contributed by atoms with Crippen molar-refractivity contribution in [1.82, 2.24) is 8.61 Å². The molecule has 0 aromatic heterocycles. The van der Waals surface area contributed by atoms with E-state index in [0.29, 0.717) is 19.6 Å². The summed E-state index contributed by atoms with van der Waals surface area (Å²) in [5, 5.41) is 8.43. The number of rotatable bonds is 4. The lowest BCUT2D eigenvalue weighted by Gasteiger charge is -2.16. The van der Waals surface area contributed by atoms with Gasteiger partial charge in [-0.05, 0) is 0 Å². The highest BCUT2D eigenvalue weighted by Gasteiger charge is 2.34. The van der Waals surface area contributed by atoms with Gasteiger partial charge in [0.15, 0.2) is 0 Å². The summed E-state index contributed by atoms with van der Waals surface area (Å²) in [6.45, 7) is 3.11. The third-order valence-electron chi connectivity index (χ3n) is 2.18. The van der Waals surface area contributed by atoms with Gasteiger partial charge in [0, 0.05) is 26.2 Å². The van der Waals surface area contributed by atoms with E-state index >= 15 is 0 Å². The smallest absolute Gasteiger partial charge is 0.304 e. The molecule has 7 heteroatoms. The molecule has 1 rings (SSSR count). The summed E-state index contributed by atoms with van der Waals surface area (Å²) in [4.78, 5) is 10.3. The molecular formula is C7H14N2O4S. The van der Waals surface area contributed by atoms with Gasteiger partial charge >= 0.3 is 5.97 Å². The van der Waals surface area contributed by atoms with Crippen LogP contribution in [0.3, 0.4) is 0 Å². The molecular weight excluding hydrogens is 208 g/mol. The minimum absolute atomic E-state index is 0.0637. The normalized spacial score (nSPS) is 22.6. The van der Waals surface area contributed by atoms with Gasteiger partial charge in [-0.15, -0.1) is 0 Å². The molecule has 1 aliphatic rings. The van der Waals surface area contributed by atoms with Crippen LogP contribution in [0.15, 0.2) is 0 Å². The lowest BCUT2D eigenvalue weighted by Crippen LogP contribution is -2.34. The van der Waals surface area contributed by atoms with Crippen LogP contribution >= 0.6 is 0 Å². The zero-order valence-corrected chi connectivity index (χ0v) is 8.83. The SMILES string of the molecule is CCN1CCN(CCC(=O)O)S1(=O)=O. The number of aliphatic carboxylic acids is 1. The Kier molecular flexibility index (Phi) is 3.46. The third kappa shape index (κ3) is 2.23. The quantitative estimate of drug-likeness (QED) is 0.685. The van der Waals surface area contributed by atoms with Gasteiger partial charge in [-0.25, -0.2) is 0 Å².